The van der Waals surface area contributed by atoms with Crippen LogP contribution in [0, 0.1) is 0 Å². The van der Waals surface area contributed by atoms with Gasteiger partial charge in [-0.15, -0.1) is 0 Å². The predicted octanol–water partition coefficient (Wildman–Crippen LogP) is 4.00. The lowest BCUT2D eigenvalue weighted by Gasteiger charge is -2.35. The van der Waals surface area contributed by atoms with Crippen molar-refractivity contribution in [2.75, 3.05) is 26.7 Å². The van der Waals surface area contributed by atoms with E-state index in [-0.39, 0.29) is 30.6 Å². The van der Waals surface area contributed by atoms with Crippen LogP contribution in [0.1, 0.15) is 54.1 Å². The number of carbonyl (C=O) groups is 2. The zero-order valence-electron chi connectivity index (χ0n) is 17.1. The van der Waals surface area contributed by atoms with Gasteiger partial charge in [-0.1, -0.05) is 48.9 Å². The first-order valence-corrected chi connectivity index (χ1v) is 10.4. The smallest absolute Gasteiger partial charge is 0.220 e. The Labute approximate surface area is 173 Å². The van der Waals surface area contributed by atoms with Crippen LogP contribution in [0.5, 0.6) is 5.75 Å². The molecule has 1 amide bonds. The molecule has 2 aromatic rings. The maximum atomic E-state index is 12.4. The topological polar surface area (TPSA) is 58.6 Å². The molecular weight excluding hydrogens is 364 g/mol. The van der Waals surface area contributed by atoms with Crippen LogP contribution in [0.2, 0.25) is 0 Å². The van der Waals surface area contributed by atoms with E-state index >= 15 is 0 Å². The summed E-state index contributed by atoms with van der Waals surface area (Å²) in [6.07, 6.45) is 4.08. The molecule has 1 heterocycles. The zero-order valence-corrected chi connectivity index (χ0v) is 17.1. The Balaban J connectivity index is 1.57. The van der Waals surface area contributed by atoms with Gasteiger partial charge in [-0.05, 0) is 43.6 Å². The first-order valence-electron chi connectivity index (χ1n) is 10.4. The maximum Gasteiger partial charge on any atom is 0.220 e. The van der Waals surface area contributed by atoms with Crippen LogP contribution in [0.15, 0.2) is 54.6 Å². The second-order valence-electron chi connectivity index (χ2n) is 7.48. The number of hydrogen-bond donors (Lipinski definition) is 1. The molecule has 5 heteroatoms. The van der Waals surface area contributed by atoms with E-state index in [2.05, 4.69) is 22.3 Å². The van der Waals surface area contributed by atoms with Crippen molar-refractivity contribution in [2.24, 2.45) is 0 Å². The number of rotatable bonds is 9. The third-order valence-corrected chi connectivity index (χ3v) is 5.50. The minimum atomic E-state index is -0.0789. The molecule has 3 rings (SSSR count). The second-order valence-corrected chi connectivity index (χ2v) is 7.48. The number of Topliss-reactive ketones (excluding diaryl/α,β-unsaturated/α-hetero) is 1. The Kier molecular flexibility index (Phi) is 7.82. The lowest BCUT2D eigenvalue weighted by atomic mass is 10.0. The van der Waals surface area contributed by atoms with Gasteiger partial charge in [0.15, 0.2) is 5.78 Å². The van der Waals surface area contributed by atoms with Crippen molar-refractivity contribution in [1.82, 2.24) is 10.2 Å². The first-order chi connectivity index (χ1) is 14.2. The number of hydrogen-bond acceptors (Lipinski definition) is 4. The Morgan fingerprint density at radius 3 is 2.31 bits per heavy atom. The van der Waals surface area contributed by atoms with Crippen molar-refractivity contribution in [2.45, 2.75) is 38.1 Å². The summed E-state index contributed by atoms with van der Waals surface area (Å²) in [7, 11) is 1.66. The highest BCUT2D eigenvalue weighted by Crippen LogP contribution is 2.26. The zero-order chi connectivity index (χ0) is 20.5. The van der Waals surface area contributed by atoms with Crippen molar-refractivity contribution in [3.05, 3.63) is 65.7 Å². The summed E-state index contributed by atoms with van der Waals surface area (Å²) in [5.41, 5.74) is 1.83. The van der Waals surface area contributed by atoms with E-state index in [0.29, 0.717) is 12.1 Å². The monoisotopic (exact) mass is 394 g/mol. The van der Waals surface area contributed by atoms with Crippen LogP contribution in [0.3, 0.4) is 0 Å². The Hall–Kier alpha value is -2.66. The van der Waals surface area contributed by atoms with Crippen LogP contribution in [0.4, 0.5) is 0 Å². The second kappa shape index (κ2) is 10.8. The van der Waals surface area contributed by atoms with Gasteiger partial charge in [0.25, 0.3) is 0 Å². The summed E-state index contributed by atoms with van der Waals surface area (Å²) in [5.74, 6) is 0.753. The summed E-state index contributed by atoms with van der Waals surface area (Å²) in [4.78, 5) is 27.1. The van der Waals surface area contributed by atoms with E-state index in [1.807, 2.05) is 30.3 Å². The third kappa shape index (κ3) is 6.16. The highest BCUT2D eigenvalue weighted by Gasteiger charge is 2.23. The number of carbonyl (C=O) groups excluding carboxylic acids is 2. The number of benzene rings is 2. The molecule has 1 N–H and O–H groups in total. The normalized spacial score (nSPS) is 15.5. The third-order valence-electron chi connectivity index (χ3n) is 5.50. The molecule has 1 saturated heterocycles. The molecule has 2 aromatic carbocycles. The molecule has 0 aromatic heterocycles. The number of ether oxygens (including phenoxy) is 1. The number of likely N-dealkylation sites (tertiary alicyclic amines) is 1. The van der Waals surface area contributed by atoms with Gasteiger partial charge in [0.2, 0.25) is 5.91 Å². The van der Waals surface area contributed by atoms with Gasteiger partial charge < -0.3 is 10.1 Å². The summed E-state index contributed by atoms with van der Waals surface area (Å²) in [6, 6.07) is 17.3. The first kappa shape index (κ1) is 21.1. The standard InChI is InChI=1S/C24H30N2O3/c1-29-21-12-10-19(11-13-21)22(26-16-6-3-7-17-26)18-25-24(28)15-14-23(27)20-8-4-2-5-9-20/h2,4-5,8-13,22H,3,6-7,14-18H2,1H3,(H,25,28)/t22-/m0/s1. The molecule has 1 aliphatic heterocycles. The van der Waals surface area contributed by atoms with Gasteiger partial charge in [0, 0.05) is 24.9 Å². The van der Waals surface area contributed by atoms with Crippen LogP contribution in [0.25, 0.3) is 0 Å². The van der Waals surface area contributed by atoms with Gasteiger partial charge in [0.1, 0.15) is 5.75 Å². The van der Waals surface area contributed by atoms with Crippen LogP contribution >= 0.6 is 0 Å². The van der Waals surface area contributed by atoms with Crippen LogP contribution in [-0.4, -0.2) is 43.3 Å². The van der Waals surface area contributed by atoms with E-state index in [0.717, 1.165) is 18.8 Å². The fraction of sp³-hybridized carbons (Fsp3) is 0.417. The van der Waals surface area contributed by atoms with Gasteiger partial charge in [-0.3, -0.25) is 14.5 Å². The van der Waals surface area contributed by atoms with E-state index in [4.69, 9.17) is 4.74 Å². The molecule has 0 unspecified atom stereocenters. The molecule has 5 nitrogen and oxygen atoms in total. The van der Waals surface area contributed by atoms with Crippen molar-refractivity contribution in [3.8, 4) is 5.75 Å². The Morgan fingerprint density at radius 2 is 1.66 bits per heavy atom. The lowest BCUT2D eigenvalue weighted by molar-refractivity contribution is -0.121. The minimum Gasteiger partial charge on any atom is -0.497 e. The number of methoxy groups -OCH3 is 1. The summed E-state index contributed by atoms with van der Waals surface area (Å²) < 4.78 is 5.27. The molecule has 154 valence electrons. The maximum absolute atomic E-state index is 12.4. The lowest BCUT2D eigenvalue weighted by Crippen LogP contribution is -2.40. The highest BCUT2D eigenvalue weighted by molar-refractivity contribution is 5.97. The molecular formula is C24H30N2O3. The number of amides is 1. The minimum absolute atomic E-state index is 0.00323. The predicted molar refractivity (Wildman–Crippen MR) is 114 cm³/mol. The average molecular weight is 395 g/mol. The molecule has 1 aliphatic rings. The van der Waals surface area contributed by atoms with Gasteiger partial charge in [-0.2, -0.15) is 0 Å². The summed E-state index contributed by atoms with van der Waals surface area (Å²) >= 11 is 0. The number of ketones is 1. The largest absolute Gasteiger partial charge is 0.497 e. The summed E-state index contributed by atoms with van der Waals surface area (Å²) in [5, 5.41) is 3.05. The van der Waals surface area contributed by atoms with Gasteiger partial charge >= 0.3 is 0 Å². The molecule has 1 atom stereocenters. The van der Waals surface area contributed by atoms with Gasteiger partial charge in [-0.25, -0.2) is 0 Å². The number of nitrogens with zero attached hydrogens (tertiary/aromatic N) is 1. The van der Waals surface area contributed by atoms with Crippen molar-refractivity contribution in [1.29, 1.82) is 0 Å². The summed E-state index contributed by atoms with van der Waals surface area (Å²) in [6.45, 7) is 2.63. The van der Waals surface area contributed by atoms with Crippen molar-refractivity contribution < 1.29 is 14.3 Å². The molecule has 0 saturated carbocycles. The van der Waals surface area contributed by atoms with E-state index < -0.39 is 0 Å². The Morgan fingerprint density at radius 1 is 0.966 bits per heavy atom. The highest BCUT2D eigenvalue weighted by atomic mass is 16.5. The van der Waals surface area contributed by atoms with E-state index in [1.165, 1.54) is 24.8 Å². The van der Waals surface area contributed by atoms with Crippen LogP contribution in [-0.2, 0) is 4.79 Å². The van der Waals surface area contributed by atoms with E-state index in [1.54, 1.807) is 19.2 Å². The van der Waals surface area contributed by atoms with E-state index in [9.17, 15) is 9.59 Å². The number of nitrogens with one attached hydrogen (secondary N) is 1. The van der Waals surface area contributed by atoms with Crippen LogP contribution < -0.4 is 10.1 Å². The molecule has 29 heavy (non-hydrogen) atoms. The fourth-order valence-corrected chi connectivity index (χ4v) is 3.81. The Bertz CT molecular complexity index is 784. The molecule has 1 fully saturated rings. The van der Waals surface area contributed by atoms with Crippen molar-refractivity contribution >= 4 is 11.7 Å². The quantitative estimate of drug-likeness (QED) is 0.653. The van der Waals surface area contributed by atoms with Gasteiger partial charge in [0.05, 0.1) is 13.2 Å². The number of piperidine rings is 1. The SMILES string of the molecule is COc1ccc([C@H](CNC(=O)CCC(=O)c2ccccc2)N2CCCCC2)cc1. The molecule has 0 spiro atoms. The van der Waals surface area contributed by atoms with Crippen molar-refractivity contribution in [3.63, 3.8) is 0 Å². The molecule has 0 aliphatic carbocycles. The average Bonchev–Trinajstić information content (AvgIpc) is 2.79. The molecule has 0 bridgehead atoms. The molecule has 0 radical (unpaired) electrons. The fourth-order valence-electron chi connectivity index (χ4n) is 3.81.